The van der Waals surface area contributed by atoms with Crippen molar-refractivity contribution in [1.82, 2.24) is 0 Å². The molecular weight excluding hydrogens is 170 g/mol. The van der Waals surface area contributed by atoms with Crippen molar-refractivity contribution in [3.8, 4) is 5.75 Å². The lowest BCUT2D eigenvalue weighted by atomic mass is 10.4. The molecular formula is C9H9NO3. The van der Waals surface area contributed by atoms with Gasteiger partial charge in [0.25, 0.3) is 0 Å². The van der Waals surface area contributed by atoms with Gasteiger partial charge in [0.2, 0.25) is 11.3 Å². The SMILES string of the molecule is CC(=O)Nc1ccc(O)c(=O)cc1. The highest BCUT2D eigenvalue weighted by Crippen LogP contribution is 2.06. The van der Waals surface area contributed by atoms with Gasteiger partial charge in [0.1, 0.15) is 0 Å². The van der Waals surface area contributed by atoms with E-state index >= 15 is 0 Å². The van der Waals surface area contributed by atoms with Crippen molar-refractivity contribution >= 4 is 11.6 Å². The third-order valence-corrected chi connectivity index (χ3v) is 1.41. The van der Waals surface area contributed by atoms with Crippen molar-refractivity contribution in [2.75, 3.05) is 5.32 Å². The van der Waals surface area contributed by atoms with Crippen LogP contribution in [0.3, 0.4) is 0 Å². The highest BCUT2D eigenvalue weighted by molar-refractivity contribution is 5.88. The van der Waals surface area contributed by atoms with Crippen LogP contribution in [0.25, 0.3) is 0 Å². The average molecular weight is 179 g/mol. The quantitative estimate of drug-likeness (QED) is 0.667. The number of nitrogens with one attached hydrogen (secondary N) is 1. The highest BCUT2D eigenvalue weighted by atomic mass is 16.3. The zero-order valence-corrected chi connectivity index (χ0v) is 7.07. The lowest BCUT2D eigenvalue weighted by Crippen LogP contribution is -2.04. The first-order chi connectivity index (χ1) is 6.09. The van der Waals surface area contributed by atoms with Crippen molar-refractivity contribution in [3.63, 3.8) is 0 Å². The summed E-state index contributed by atoms with van der Waals surface area (Å²) in [7, 11) is 0. The number of amides is 1. The molecule has 1 aromatic carbocycles. The second-order valence-corrected chi connectivity index (χ2v) is 2.55. The summed E-state index contributed by atoms with van der Waals surface area (Å²) in [6.07, 6.45) is 0. The Balaban J connectivity index is 3.09. The largest absolute Gasteiger partial charge is 0.504 e. The van der Waals surface area contributed by atoms with E-state index in [1.165, 1.54) is 31.2 Å². The number of aromatic hydroxyl groups is 1. The first-order valence-corrected chi connectivity index (χ1v) is 3.70. The minimum atomic E-state index is -0.475. The van der Waals surface area contributed by atoms with E-state index in [2.05, 4.69) is 5.32 Å². The molecule has 68 valence electrons. The summed E-state index contributed by atoms with van der Waals surface area (Å²) in [4.78, 5) is 21.5. The molecule has 0 saturated carbocycles. The zero-order chi connectivity index (χ0) is 9.84. The first kappa shape index (κ1) is 9.25. The summed E-state index contributed by atoms with van der Waals surface area (Å²) in [5.74, 6) is -0.560. The number of rotatable bonds is 1. The Hall–Kier alpha value is -1.84. The van der Waals surface area contributed by atoms with Crippen molar-refractivity contribution < 1.29 is 9.90 Å². The van der Waals surface area contributed by atoms with E-state index in [9.17, 15) is 9.59 Å². The van der Waals surface area contributed by atoms with Crippen LogP contribution < -0.4 is 10.7 Å². The van der Waals surface area contributed by atoms with Crippen LogP contribution in [0.15, 0.2) is 29.1 Å². The predicted molar refractivity (Wildman–Crippen MR) is 48.7 cm³/mol. The van der Waals surface area contributed by atoms with E-state index in [-0.39, 0.29) is 11.7 Å². The van der Waals surface area contributed by atoms with Gasteiger partial charge in [-0.25, -0.2) is 0 Å². The minimum absolute atomic E-state index is 0.224. The Kier molecular flexibility index (Phi) is 2.64. The van der Waals surface area contributed by atoms with Crippen LogP contribution in [0.5, 0.6) is 5.75 Å². The Morgan fingerprint density at radius 2 is 1.92 bits per heavy atom. The Bertz CT molecular complexity index is 387. The molecule has 0 aromatic heterocycles. The lowest BCUT2D eigenvalue weighted by Gasteiger charge is -1.95. The normalized spacial score (nSPS) is 9.31. The average Bonchev–Trinajstić information content (AvgIpc) is 2.19. The van der Waals surface area contributed by atoms with Gasteiger partial charge in [-0.1, -0.05) is 0 Å². The molecule has 1 aromatic rings. The number of hydrogen-bond donors (Lipinski definition) is 2. The molecule has 1 rings (SSSR count). The van der Waals surface area contributed by atoms with Gasteiger partial charge in [0, 0.05) is 12.6 Å². The maximum absolute atomic E-state index is 10.9. The summed E-state index contributed by atoms with van der Waals surface area (Å²) in [5, 5.41) is 11.5. The van der Waals surface area contributed by atoms with Gasteiger partial charge in [-0.2, -0.15) is 0 Å². The van der Waals surface area contributed by atoms with Gasteiger partial charge < -0.3 is 10.4 Å². The van der Waals surface area contributed by atoms with Gasteiger partial charge in [-0.3, -0.25) is 9.59 Å². The molecule has 0 heterocycles. The molecule has 13 heavy (non-hydrogen) atoms. The molecule has 4 nitrogen and oxygen atoms in total. The molecule has 0 saturated heterocycles. The van der Waals surface area contributed by atoms with Crippen LogP contribution >= 0.6 is 0 Å². The topological polar surface area (TPSA) is 66.4 Å². The van der Waals surface area contributed by atoms with Crippen LogP contribution in [0.1, 0.15) is 6.92 Å². The highest BCUT2D eigenvalue weighted by Gasteiger charge is 1.95. The maximum atomic E-state index is 10.9. The molecule has 0 aliphatic carbocycles. The second kappa shape index (κ2) is 3.71. The first-order valence-electron chi connectivity index (χ1n) is 3.70. The summed E-state index contributed by atoms with van der Waals surface area (Å²) in [5.41, 5.74) is 0.00139. The van der Waals surface area contributed by atoms with Gasteiger partial charge in [-0.05, 0) is 24.3 Å². The molecule has 0 aliphatic heterocycles. The molecule has 0 spiro atoms. The summed E-state index contributed by atoms with van der Waals surface area (Å²) in [6, 6.07) is 5.33. The lowest BCUT2D eigenvalue weighted by molar-refractivity contribution is -0.114. The predicted octanol–water partition coefficient (Wildman–Crippen LogP) is 0.711. The van der Waals surface area contributed by atoms with Crippen LogP contribution in [0, 0.1) is 0 Å². The smallest absolute Gasteiger partial charge is 0.221 e. The van der Waals surface area contributed by atoms with E-state index in [0.717, 1.165) is 0 Å². The second-order valence-electron chi connectivity index (χ2n) is 2.55. The minimum Gasteiger partial charge on any atom is -0.504 e. The van der Waals surface area contributed by atoms with Crippen LogP contribution in [-0.2, 0) is 4.79 Å². The van der Waals surface area contributed by atoms with Gasteiger partial charge in [0.05, 0.1) is 0 Å². The number of carbonyl (C=O) groups is 1. The summed E-state index contributed by atoms with van der Waals surface area (Å²) >= 11 is 0. The molecule has 0 fully saturated rings. The molecule has 0 unspecified atom stereocenters. The number of carbonyl (C=O) groups excluding carboxylic acids is 1. The Morgan fingerprint density at radius 1 is 1.31 bits per heavy atom. The molecule has 2 N–H and O–H groups in total. The van der Waals surface area contributed by atoms with E-state index in [4.69, 9.17) is 5.11 Å². The Labute approximate surface area is 74.8 Å². The van der Waals surface area contributed by atoms with Gasteiger partial charge >= 0.3 is 0 Å². The Morgan fingerprint density at radius 3 is 2.54 bits per heavy atom. The molecule has 1 amide bonds. The fourth-order valence-electron chi connectivity index (χ4n) is 0.844. The third-order valence-electron chi connectivity index (χ3n) is 1.41. The molecule has 0 bridgehead atoms. The van der Waals surface area contributed by atoms with Gasteiger partial charge in [0.15, 0.2) is 5.75 Å². The van der Waals surface area contributed by atoms with E-state index in [1.807, 2.05) is 0 Å². The van der Waals surface area contributed by atoms with Crippen molar-refractivity contribution in [2.24, 2.45) is 0 Å². The van der Waals surface area contributed by atoms with Crippen molar-refractivity contribution in [2.45, 2.75) is 6.92 Å². The number of anilines is 1. The van der Waals surface area contributed by atoms with Gasteiger partial charge in [-0.15, -0.1) is 0 Å². The third kappa shape index (κ3) is 2.59. The fourth-order valence-corrected chi connectivity index (χ4v) is 0.844. The van der Waals surface area contributed by atoms with Crippen LogP contribution in [-0.4, -0.2) is 11.0 Å². The molecule has 0 atom stereocenters. The molecule has 0 radical (unpaired) electrons. The van der Waals surface area contributed by atoms with Crippen molar-refractivity contribution in [1.29, 1.82) is 0 Å². The monoisotopic (exact) mass is 179 g/mol. The summed E-state index contributed by atoms with van der Waals surface area (Å²) < 4.78 is 0. The van der Waals surface area contributed by atoms with E-state index in [1.54, 1.807) is 0 Å². The van der Waals surface area contributed by atoms with Crippen LogP contribution in [0.2, 0.25) is 0 Å². The zero-order valence-electron chi connectivity index (χ0n) is 7.07. The molecule has 4 heteroatoms. The fraction of sp³-hybridized carbons (Fsp3) is 0.111. The van der Waals surface area contributed by atoms with E-state index < -0.39 is 5.43 Å². The molecule has 0 aliphatic rings. The van der Waals surface area contributed by atoms with E-state index in [0.29, 0.717) is 5.69 Å². The summed E-state index contributed by atoms with van der Waals surface area (Å²) in [6.45, 7) is 1.37. The number of hydrogen-bond acceptors (Lipinski definition) is 3. The standard InChI is InChI=1S/C9H9NO3/c1-6(11)10-7-2-4-8(12)9(13)5-3-7/h2-5H,1H3,(H,10,11)(H,12,13). The van der Waals surface area contributed by atoms with Crippen LogP contribution in [0.4, 0.5) is 5.69 Å². The maximum Gasteiger partial charge on any atom is 0.221 e. The van der Waals surface area contributed by atoms with Crippen molar-refractivity contribution in [3.05, 3.63) is 34.5 Å².